The molecule has 6 heteroatoms. The van der Waals surface area contributed by atoms with Gasteiger partial charge in [-0.25, -0.2) is 0 Å². The van der Waals surface area contributed by atoms with E-state index in [0.717, 1.165) is 55.5 Å². The minimum absolute atomic E-state index is 0.276. The van der Waals surface area contributed by atoms with Crippen molar-refractivity contribution in [3.05, 3.63) is 65.9 Å². The molecule has 0 bridgehead atoms. The van der Waals surface area contributed by atoms with Crippen LogP contribution in [0.1, 0.15) is 17.5 Å². The van der Waals surface area contributed by atoms with E-state index in [-0.39, 0.29) is 6.79 Å². The molecule has 2 aromatic carbocycles. The summed E-state index contributed by atoms with van der Waals surface area (Å²) in [5.41, 5.74) is 4.47. The van der Waals surface area contributed by atoms with E-state index >= 15 is 0 Å². The van der Waals surface area contributed by atoms with Gasteiger partial charge in [-0.15, -0.1) is 0 Å². The lowest BCUT2D eigenvalue weighted by Crippen LogP contribution is -2.31. The normalized spacial score (nSPS) is 17.9. The molecule has 0 amide bonds. The molecule has 3 aromatic rings. The van der Waals surface area contributed by atoms with Crippen LogP contribution in [0.15, 0.2) is 54.7 Å². The van der Waals surface area contributed by atoms with Crippen molar-refractivity contribution in [3.63, 3.8) is 0 Å². The molecule has 0 spiro atoms. The molecular formula is C23H25N3O3. The molecule has 0 unspecified atom stereocenters. The molecule has 29 heavy (non-hydrogen) atoms. The Kier molecular flexibility index (Phi) is 4.96. The first kappa shape index (κ1) is 18.2. The minimum atomic E-state index is 0.276. The molecule has 1 saturated heterocycles. The van der Waals surface area contributed by atoms with Gasteiger partial charge in [-0.2, -0.15) is 5.10 Å². The molecule has 0 radical (unpaired) electrons. The maximum Gasteiger partial charge on any atom is 0.231 e. The Labute approximate surface area is 170 Å². The van der Waals surface area contributed by atoms with Crippen molar-refractivity contribution in [1.82, 2.24) is 14.7 Å². The van der Waals surface area contributed by atoms with Gasteiger partial charge in [0.15, 0.2) is 11.5 Å². The van der Waals surface area contributed by atoms with Crippen molar-refractivity contribution < 1.29 is 14.2 Å². The molecule has 1 atom stereocenters. The van der Waals surface area contributed by atoms with Crippen LogP contribution in [0.5, 0.6) is 11.5 Å². The summed E-state index contributed by atoms with van der Waals surface area (Å²) in [5.74, 6) is 1.57. The number of aromatic nitrogens is 2. The quantitative estimate of drug-likeness (QED) is 0.643. The third kappa shape index (κ3) is 3.86. The van der Waals surface area contributed by atoms with Crippen molar-refractivity contribution in [2.45, 2.75) is 25.6 Å². The number of ether oxygens (including phenoxy) is 3. The third-order valence-corrected chi connectivity index (χ3v) is 5.62. The molecule has 3 heterocycles. The molecule has 1 fully saturated rings. The van der Waals surface area contributed by atoms with Gasteiger partial charge >= 0.3 is 0 Å². The second-order valence-electron chi connectivity index (χ2n) is 7.69. The third-order valence-electron chi connectivity index (χ3n) is 5.62. The smallest absolute Gasteiger partial charge is 0.231 e. The maximum atomic E-state index is 5.58. The fourth-order valence-electron chi connectivity index (χ4n) is 3.98. The average molecular weight is 391 g/mol. The number of likely N-dealkylation sites (N-methyl/N-ethyl adjacent to an activating group) is 1. The standard InChI is InChI=1S/C23H25N3O3/c1-25(20-9-10-27-15-20)13-19-14-26(12-17-5-3-2-4-6-17)24-23(19)18-7-8-21-22(11-18)29-16-28-21/h2-8,11,14,20H,9-10,12-13,15-16H2,1H3/t20-/m0/s1. The lowest BCUT2D eigenvalue weighted by atomic mass is 10.1. The van der Waals surface area contributed by atoms with Gasteiger partial charge in [-0.1, -0.05) is 30.3 Å². The highest BCUT2D eigenvalue weighted by Crippen LogP contribution is 2.36. The predicted molar refractivity (Wildman–Crippen MR) is 110 cm³/mol. The Morgan fingerprint density at radius 2 is 1.97 bits per heavy atom. The van der Waals surface area contributed by atoms with Crippen LogP contribution in [0.4, 0.5) is 0 Å². The van der Waals surface area contributed by atoms with Crippen LogP contribution in [0.3, 0.4) is 0 Å². The van der Waals surface area contributed by atoms with Gasteiger partial charge in [0.05, 0.1) is 18.8 Å². The zero-order valence-electron chi connectivity index (χ0n) is 16.6. The molecule has 150 valence electrons. The first-order valence-corrected chi connectivity index (χ1v) is 10.0. The van der Waals surface area contributed by atoms with Crippen molar-refractivity contribution in [1.29, 1.82) is 0 Å². The van der Waals surface area contributed by atoms with E-state index in [2.05, 4.69) is 48.5 Å². The van der Waals surface area contributed by atoms with Gasteiger partial charge in [-0.05, 0) is 37.2 Å². The summed E-state index contributed by atoms with van der Waals surface area (Å²) in [5, 5.41) is 4.94. The van der Waals surface area contributed by atoms with Gasteiger partial charge in [-0.3, -0.25) is 9.58 Å². The number of nitrogens with zero attached hydrogens (tertiary/aromatic N) is 3. The van der Waals surface area contributed by atoms with Gasteiger partial charge in [0.1, 0.15) is 0 Å². The van der Waals surface area contributed by atoms with Crippen LogP contribution in [-0.2, 0) is 17.8 Å². The second-order valence-corrected chi connectivity index (χ2v) is 7.69. The van der Waals surface area contributed by atoms with E-state index in [1.165, 1.54) is 11.1 Å². The van der Waals surface area contributed by atoms with Gasteiger partial charge in [0, 0.05) is 36.5 Å². The average Bonchev–Trinajstić information content (AvgIpc) is 3.49. The molecular weight excluding hydrogens is 366 g/mol. The zero-order chi connectivity index (χ0) is 19.6. The van der Waals surface area contributed by atoms with E-state index in [0.29, 0.717) is 6.04 Å². The predicted octanol–water partition coefficient (Wildman–Crippen LogP) is 3.55. The summed E-state index contributed by atoms with van der Waals surface area (Å²) >= 11 is 0. The van der Waals surface area contributed by atoms with Crippen molar-refractivity contribution in [3.8, 4) is 22.8 Å². The summed E-state index contributed by atoms with van der Waals surface area (Å²) in [7, 11) is 2.16. The van der Waals surface area contributed by atoms with E-state index in [1.54, 1.807) is 0 Å². The minimum Gasteiger partial charge on any atom is -0.454 e. The first-order chi connectivity index (χ1) is 14.3. The van der Waals surface area contributed by atoms with E-state index in [1.807, 2.05) is 22.9 Å². The molecule has 0 aliphatic carbocycles. The lowest BCUT2D eigenvalue weighted by molar-refractivity contribution is 0.156. The van der Waals surface area contributed by atoms with Crippen molar-refractivity contribution >= 4 is 0 Å². The Bertz CT molecular complexity index is 980. The summed E-state index contributed by atoms with van der Waals surface area (Å²) in [6.45, 7) is 3.49. The van der Waals surface area contributed by atoms with Crippen molar-refractivity contribution in [2.24, 2.45) is 0 Å². The van der Waals surface area contributed by atoms with Crippen LogP contribution in [0.25, 0.3) is 11.3 Å². The highest BCUT2D eigenvalue weighted by atomic mass is 16.7. The van der Waals surface area contributed by atoms with Gasteiger partial charge < -0.3 is 14.2 Å². The second kappa shape index (κ2) is 7.89. The molecule has 5 rings (SSSR count). The fraction of sp³-hybridized carbons (Fsp3) is 0.348. The molecule has 1 aromatic heterocycles. The first-order valence-electron chi connectivity index (χ1n) is 10.0. The highest BCUT2D eigenvalue weighted by Gasteiger charge is 2.23. The molecule has 6 nitrogen and oxygen atoms in total. The van der Waals surface area contributed by atoms with Gasteiger partial charge in [0.25, 0.3) is 0 Å². The van der Waals surface area contributed by atoms with E-state index in [9.17, 15) is 0 Å². The van der Waals surface area contributed by atoms with Crippen LogP contribution in [0, 0.1) is 0 Å². The lowest BCUT2D eigenvalue weighted by Gasteiger charge is -2.22. The summed E-state index contributed by atoms with van der Waals surface area (Å²) in [4.78, 5) is 2.37. The Hall–Kier alpha value is -2.83. The Morgan fingerprint density at radius 3 is 2.79 bits per heavy atom. The van der Waals surface area contributed by atoms with E-state index < -0.39 is 0 Å². The summed E-state index contributed by atoms with van der Waals surface area (Å²) in [6, 6.07) is 16.9. The molecule has 0 N–H and O–H groups in total. The van der Waals surface area contributed by atoms with E-state index in [4.69, 9.17) is 19.3 Å². The van der Waals surface area contributed by atoms with Crippen LogP contribution in [0.2, 0.25) is 0 Å². The summed E-state index contributed by atoms with van der Waals surface area (Å²) < 4.78 is 18.7. The zero-order valence-corrected chi connectivity index (χ0v) is 16.6. The monoisotopic (exact) mass is 391 g/mol. The maximum absolute atomic E-state index is 5.58. The SMILES string of the molecule is CN(Cc1cn(Cc2ccccc2)nc1-c1ccc2c(c1)OCO2)[C@H]1CCOC1. The molecule has 2 aliphatic rings. The highest BCUT2D eigenvalue weighted by molar-refractivity contribution is 5.67. The topological polar surface area (TPSA) is 48.8 Å². The number of hydrogen-bond acceptors (Lipinski definition) is 5. The van der Waals surface area contributed by atoms with Crippen molar-refractivity contribution in [2.75, 3.05) is 27.1 Å². The Morgan fingerprint density at radius 1 is 1.10 bits per heavy atom. The molecule has 2 aliphatic heterocycles. The number of benzene rings is 2. The molecule has 0 saturated carbocycles. The number of rotatable bonds is 6. The Balaban J connectivity index is 1.47. The summed E-state index contributed by atoms with van der Waals surface area (Å²) in [6.07, 6.45) is 3.24. The number of hydrogen-bond donors (Lipinski definition) is 0. The van der Waals surface area contributed by atoms with Gasteiger partial charge in [0.2, 0.25) is 6.79 Å². The van der Waals surface area contributed by atoms with Crippen LogP contribution < -0.4 is 9.47 Å². The van der Waals surface area contributed by atoms with Crippen LogP contribution >= 0.6 is 0 Å². The largest absolute Gasteiger partial charge is 0.454 e. The fourth-order valence-corrected chi connectivity index (χ4v) is 3.98. The number of fused-ring (bicyclic) bond motifs is 1. The van der Waals surface area contributed by atoms with Crippen LogP contribution in [-0.4, -0.2) is 47.8 Å².